The first-order chi connectivity index (χ1) is 8.71. The van der Waals surface area contributed by atoms with Crippen LogP contribution in [-0.4, -0.2) is 6.29 Å². The molecule has 4 nitrogen and oxygen atoms in total. The zero-order valence-corrected chi connectivity index (χ0v) is 10.4. The lowest BCUT2D eigenvalue weighted by Crippen LogP contribution is -2.26. The van der Waals surface area contributed by atoms with Crippen LogP contribution in [0, 0.1) is 11.8 Å². The van der Waals surface area contributed by atoms with Crippen molar-refractivity contribution in [1.29, 1.82) is 0 Å². The molecule has 5 N–H and O–H groups in total. The average molecular weight is 243 g/mol. The molecule has 0 saturated carbocycles. The molecule has 0 atom stereocenters. The molecular formula is C14H17N3O. The van der Waals surface area contributed by atoms with Gasteiger partial charge in [-0.3, -0.25) is 10.6 Å². The fourth-order valence-corrected chi connectivity index (χ4v) is 1.41. The van der Waals surface area contributed by atoms with Crippen LogP contribution in [0.15, 0.2) is 35.7 Å². The van der Waals surface area contributed by atoms with Crippen LogP contribution in [0.3, 0.4) is 0 Å². The van der Waals surface area contributed by atoms with Crippen LogP contribution < -0.4 is 17.0 Å². The third kappa shape index (κ3) is 3.96. The summed E-state index contributed by atoms with van der Waals surface area (Å²) in [6.45, 7) is 2.01. The predicted molar refractivity (Wildman–Crippen MR) is 71.9 cm³/mol. The van der Waals surface area contributed by atoms with Crippen LogP contribution in [0.25, 0.3) is 0 Å². The van der Waals surface area contributed by atoms with Gasteiger partial charge in [-0.2, -0.15) is 0 Å². The molecule has 94 valence electrons. The highest BCUT2D eigenvalue weighted by Gasteiger charge is 2.03. The third-order valence-corrected chi connectivity index (χ3v) is 2.39. The summed E-state index contributed by atoms with van der Waals surface area (Å²) in [5.74, 6) is 11.4. The third-order valence-electron chi connectivity index (χ3n) is 2.39. The van der Waals surface area contributed by atoms with Crippen molar-refractivity contribution in [2.75, 3.05) is 0 Å². The molecule has 1 aromatic rings. The van der Waals surface area contributed by atoms with E-state index in [2.05, 4.69) is 17.3 Å². The smallest absolute Gasteiger partial charge is 0.167 e. The zero-order valence-electron chi connectivity index (χ0n) is 10.4. The van der Waals surface area contributed by atoms with Crippen LogP contribution in [0.1, 0.15) is 24.5 Å². The van der Waals surface area contributed by atoms with Crippen LogP contribution in [0.2, 0.25) is 0 Å². The minimum Gasteiger partial charge on any atom is -0.395 e. The second-order valence-electron chi connectivity index (χ2n) is 3.73. The second kappa shape index (κ2) is 7.15. The molecule has 0 amide bonds. The molecular weight excluding hydrogens is 226 g/mol. The molecule has 0 unspecified atom stereocenters. The van der Waals surface area contributed by atoms with E-state index in [0.29, 0.717) is 18.4 Å². The largest absolute Gasteiger partial charge is 0.395 e. The normalized spacial score (nSPS) is 11.0. The van der Waals surface area contributed by atoms with Crippen molar-refractivity contribution in [1.82, 2.24) is 5.43 Å². The molecule has 0 radical (unpaired) electrons. The maximum absolute atomic E-state index is 10.6. The van der Waals surface area contributed by atoms with Crippen LogP contribution >= 0.6 is 0 Å². The predicted octanol–water partition coefficient (Wildman–Crippen LogP) is 0.823. The van der Waals surface area contributed by atoms with Gasteiger partial charge in [0.2, 0.25) is 0 Å². The summed E-state index contributed by atoms with van der Waals surface area (Å²) in [7, 11) is 0. The van der Waals surface area contributed by atoms with Crippen LogP contribution in [-0.2, 0) is 11.2 Å². The first kappa shape index (κ1) is 13.8. The monoisotopic (exact) mass is 243 g/mol. The highest BCUT2D eigenvalue weighted by molar-refractivity contribution is 5.73. The first-order valence-corrected chi connectivity index (χ1v) is 5.69. The summed E-state index contributed by atoms with van der Waals surface area (Å²) in [6.07, 6.45) is 1.90. The van der Waals surface area contributed by atoms with E-state index in [-0.39, 0.29) is 5.70 Å². The average Bonchev–Trinajstić information content (AvgIpc) is 2.43. The summed E-state index contributed by atoms with van der Waals surface area (Å²) < 4.78 is 0. The van der Waals surface area contributed by atoms with Crippen LogP contribution in [0.4, 0.5) is 0 Å². The Bertz CT molecular complexity index is 492. The molecule has 1 rings (SSSR count). The van der Waals surface area contributed by atoms with Gasteiger partial charge in [-0.05, 0) is 17.7 Å². The van der Waals surface area contributed by atoms with E-state index in [1.165, 1.54) is 0 Å². The molecule has 4 heteroatoms. The highest BCUT2D eigenvalue weighted by atomic mass is 16.1. The van der Waals surface area contributed by atoms with Gasteiger partial charge in [0.25, 0.3) is 0 Å². The molecule has 18 heavy (non-hydrogen) atoms. The molecule has 1 aromatic carbocycles. The molecule has 0 fully saturated rings. The lowest BCUT2D eigenvalue weighted by Gasteiger charge is -2.08. The Balaban J connectivity index is 2.83. The Kier molecular flexibility index (Phi) is 5.49. The van der Waals surface area contributed by atoms with Gasteiger partial charge in [-0.15, -0.1) is 0 Å². The second-order valence-corrected chi connectivity index (χ2v) is 3.73. The Morgan fingerprint density at radius 1 is 1.39 bits per heavy atom. The Morgan fingerprint density at radius 3 is 2.56 bits per heavy atom. The standard InChI is InChI=1S/C14H17N3O/c1-2-3-4-11-5-7-12(8-6-11)9-14(17-16)13(15)10-18/h5-8,10,17H,2,9,15-16H2,1H3/b14-13-. The fraction of sp³-hybridized carbons (Fsp3) is 0.214. The lowest BCUT2D eigenvalue weighted by molar-refractivity contribution is -0.105. The SMILES string of the molecule is CCC#Cc1ccc(C/C(NN)=C(/N)C=O)cc1. The summed E-state index contributed by atoms with van der Waals surface area (Å²) in [4.78, 5) is 10.6. The van der Waals surface area contributed by atoms with Crippen LogP contribution in [0.5, 0.6) is 0 Å². The summed E-state index contributed by atoms with van der Waals surface area (Å²) in [5.41, 5.74) is 10.6. The Morgan fingerprint density at radius 2 is 2.06 bits per heavy atom. The Hall–Kier alpha value is -2.25. The Labute approximate surface area is 107 Å². The molecule has 0 aromatic heterocycles. The molecule has 0 aliphatic carbocycles. The van der Waals surface area contributed by atoms with Crippen molar-refractivity contribution in [3.63, 3.8) is 0 Å². The van der Waals surface area contributed by atoms with Gasteiger partial charge in [0, 0.05) is 18.4 Å². The maximum atomic E-state index is 10.6. The van der Waals surface area contributed by atoms with E-state index in [4.69, 9.17) is 11.6 Å². The van der Waals surface area contributed by atoms with Gasteiger partial charge in [0.15, 0.2) is 6.29 Å². The number of benzene rings is 1. The van der Waals surface area contributed by atoms with Crippen molar-refractivity contribution in [3.8, 4) is 11.8 Å². The number of allylic oxidation sites excluding steroid dienone is 2. The molecule has 0 aliphatic heterocycles. The van der Waals surface area contributed by atoms with Gasteiger partial charge in [-0.1, -0.05) is 30.9 Å². The van der Waals surface area contributed by atoms with Gasteiger partial charge in [-0.25, -0.2) is 0 Å². The summed E-state index contributed by atoms with van der Waals surface area (Å²) in [6, 6.07) is 7.75. The topological polar surface area (TPSA) is 81.1 Å². The molecule has 0 aliphatic rings. The molecule has 0 spiro atoms. The summed E-state index contributed by atoms with van der Waals surface area (Å²) in [5, 5.41) is 0. The molecule has 0 saturated heterocycles. The minimum absolute atomic E-state index is 0.118. The van der Waals surface area contributed by atoms with E-state index in [1.54, 1.807) is 0 Å². The lowest BCUT2D eigenvalue weighted by atomic mass is 10.1. The number of nitrogens with one attached hydrogen (secondary N) is 1. The number of carbonyl (C=O) groups excluding carboxylic acids is 1. The van der Waals surface area contributed by atoms with Gasteiger partial charge >= 0.3 is 0 Å². The summed E-state index contributed by atoms with van der Waals surface area (Å²) >= 11 is 0. The quantitative estimate of drug-likeness (QED) is 0.240. The number of hydrogen-bond donors (Lipinski definition) is 3. The zero-order chi connectivity index (χ0) is 13.4. The van der Waals surface area contributed by atoms with E-state index in [1.807, 2.05) is 31.2 Å². The van der Waals surface area contributed by atoms with E-state index in [0.717, 1.165) is 17.5 Å². The van der Waals surface area contributed by atoms with Crippen molar-refractivity contribution in [3.05, 3.63) is 46.8 Å². The molecule has 0 bridgehead atoms. The molecule has 0 heterocycles. The number of carbonyl (C=O) groups is 1. The first-order valence-electron chi connectivity index (χ1n) is 5.69. The highest BCUT2D eigenvalue weighted by Crippen LogP contribution is 2.08. The van der Waals surface area contributed by atoms with Crippen molar-refractivity contribution in [2.45, 2.75) is 19.8 Å². The number of aldehydes is 1. The van der Waals surface area contributed by atoms with Gasteiger partial charge in [0.1, 0.15) is 0 Å². The van der Waals surface area contributed by atoms with Crippen molar-refractivity contribution in [2.24, 2.45) is 11.6 Å². The number of hydrazine groups is 1. The van der Waals surface area contributed by atoms with Gasteiger partial charge in [0.05, 0.1) is 11.4 Å². The fourth-order valence-electron chi connectivity index (χ4n) is 1.41. The van der Waals surface area contributed by atoms with Crippen molar-refractivity contribution >= 4 is 6.29 Å². The number of nitrogens with two attached hydrogens (primary N) is 2. The number of rotatable bonds is 4. The maximum Gasteiger partial charge on any atom is 0.167 e. The number of hydrogen-bond acceptors (Lipinski definition) is 4. The van der Waals surface area contributed by atoms with E-state index < -0.39 is 0 Å². The van der Waals surface area contributed by atoms with Crippen molar-refractivity contribution < 1.29 is 4.79 Å². The van der Waals surface area contributed by atoms with E-state index >= 15 is 0 Å². The van der Waals surface area contributed by atoms with E-state index in [9.17, 15) is 4.79 Å². The van der Waals surface area contributed by atoms with Gasteiger partial charge < -0.3 is 11.2 Å². The minimum atomic E-state index is 0.118.